The molecule has 1 heterocycles. The van der Waals surface area contributed by atoms with Crippen molar-refractivity contribution in [3.8, 4) is 0 Å². The molecule has 106 valence electrons. The maximum absolute atomic E-state index is 6.21. The standard InChI is InChI=1S/C16H26N2S/c1-3-16(13-17,11-15-7-5-4-6-8-15)18-9-10-19-12-14(18)2/h4-8,14H,3,9-13,17H2,1-2H3. The van der Waals surface area contributed by atoms with Gasteiger partial charge in [0, 0.05) is 36.2 Å². The van der Waals surface area contributed by atoms with Gasteiger partial charge in [-0.15, -0.1) is 0 Å². The van der Waals surface area contributed by atoms with E-state index in [1.165, 1.54) is 23.6 Å². The van der Waals surface area contributed by atoms with Gasteiger partial charge in [0.25, 0.3) is 0 Å². The minimum Gasteiger partial charge on any atom is -0.329 e. The number of rotatable bonds is 5. The number of thioether (sulfide) groups is 1. The molecule has 2 atom stereocenters. The zero-order chi connectivity index (χ0) is 13.7. The largest absolute Gasteiger partial charge is 0.329 e. The van der Waals surface area contributed by atoms with E-state index in [9.17, 15) is 0 Å². The van der Waals surface area contributed by atoms with Crippen molar-refractivity contribution < 1.29 is 0 Å². The van der Waals surface area contributed by atoms with E-state index in [0.717, 1.165) is 19.4 Å². The topological polar surface area (TPSA) is 29.3 Å². The van der Waals surface area contributed by atoms with Crippen LogP contribution in [0.4, 0.5) is 0 Å². The molecule has 1 aromatic carbocycles. The van der Waals surface area contributed by atoms with Crippen LogP contribution in [-0.4, -0.2) is 41.1 Å². The van der Waals surface area contributed by atoms with Crippen molar-refractivity contribution in [1.82, 2.24) is 4.90 Å². The summed E-state index contributed by atoms with van der Waals surface area (Å²) in [7, 11) is 0. The Balaban J connectivity index is 2.21. The first-order valence-electron chi connectivity index (χ1n) is 7.30. The number of nitrogens with two attached hydrogens (primary N) is 1. The van der Waals surface area contributed by atoms with Crippen molar-refractivity contribution in [2.75, 3.05) is 24.6 Å². The Morgan fingerprint density at radius 1 is 1.37 bits per heavy atom. The van der Waals surface area contributed by atoms with Gasteiger partial charge in [-0.1, -0.05) is 37.3 Å². The molecule has 2 unspecified atom stereocenters. The highest BCUT2D eigenvalue weighted by atomic mass is 32.2. The van der Waals surface area contributed by atoms with Gasteiger partial charge in [-0.05, 0) is 25.3 Å². The molecule has 0 amide bonds. The van der Waals surface area contributed by atoms with E-state index >= 15 is 0 Å². The summed E-state index contributed by atoms with van der Waals surface area (Å²) in [6.45, 7) is 6.54. The second kappa shape index (κ2) is 6.78. The maximum Gasteiger partial charge on any atom is 0.0372 e. The lowest BCUT2D eigenvalue weighted by molar-refractivity contribution is 0.0628. The predicted molar refractivity (Wildman–Crippen MR) is 85.7 cm³/mol. The second-order valence-electron chi connectivity index (χ2n) is 5.56. The summed E-state index contributed by atoms with van der Waals surface area (Å²) < 4.78 is 0. The van der Waals surface area contributed by atoms with E-state index in [4.69, 9.17) is 5.73 Å². The molecule has 0 spiro atoms. The molecule has 0 saturated carbocycles. The van der Waals surface area contributed by atoms with Gasteiger partial charge in [-0.3, -0.25) is 4.90 Å². The van der Waals surface area contributed by atoms with Gasteiger partial charge in [-0.25, -0.2) is 0 Å². The third-order valence-corrected chi connectivity index (χ3v) is 5.58. The monoisotopic (exact) mass is 278 g/mol. The summed E-state index contributed by atoms with van der Waals surface area (Å²) in [4.78, 5) is 2.66. The lowest BCUT2D eigenvalue weighted by Gasteiger charge is -2.48. The van der Waals surface area contributed by atoms with Gasteiger partial charge in [0.05, 0.1) is 0 Å². The number of nitrogens with zero attached hydrogens (tertiary/aromatic N) is 1. The molecule has 0 bridgehead atoms. The summed E-state index contributed by atoms with van der Waals surface area (Å²) in [5, 5.41) is 0. The van der Waals surface area contributed by atoms with Gasteiger partial charge in [0.2, 0.25) is 0 Å². The molecule has 0 radical (unpaired) electrons. The fourth-order valence-electron chi connectivity index (χ4n) is 3.17. The van der Waals surface area contributed by atoms with E-state index in [0.29, 0.717) is 6.04 Å². The lowest BCUT2D eigenvalue weighted by Crippen LogP contribution is -2.60. The highest BCUT2D eigenvalue weighted by molar-refractivity contribution is 7.99. The van der Waals surface area contributed by atoms with Crippen LogP contribution in [0.3, 0.4) is 0 Å². The van der Waals surface area contributed by atoms with Crippen molar-refractivity contribution in [2.45, 2.75) is 38.3 Å². The first-order valence-corrected chi connectivity index (χ1v) is 8.46. The Labute approximate surface area is 121 Å². The van der Waals surface area contributed by atoms with Crippen LogP contribution in [0.5, 0.6) is 0 Å². The summed E-state index contributed by atoms with van der Waals surface area (Å²) >= 11 is 2.07. The molecule has 19 heavy (non-hydrogen) atoms. The summed E-state index contributed by atoms with van der Waals surface area (Å²) in [6.07, 6.45) is 2.18. The van der Waals surface area contributed by atoms with Gasteiger partial charge < -0.3 is 5.73 Å². The zero-order valence-corrected chi connectivity index (χ0v) is 13.0. The molecule has 2 N–H and O–H groups in total. The highest BCUT2D eigenvalue weighted by Crippen LogP contribution is 2.30. The Hall–Kier alpha value is -0.510. The highest BCUT2D eigenvalue weighted by Gasteiger charge is 2.37. The third kappa shape index (κ3) is 3.33. The van der Waals surface area contributed by atoms with Crippen LogP contribution in [0.15, 0.2) is 30.3 Å². The molecule has 1 aliphatic rings. The average molecular weight is 278 g/mol. The first-order chi connectivity index (χ1) is 9.22. The Morgan fingerprint density at radius 2 is 2.11 bits per heavy atom. The Morgan fingerprint density at radius 3 is 2.68 bits per heavy atom. The van der Waals surface area contributed by atoms with Crippen molar-refractivity contribution >= 4 is 11.8 Å². The third-order valence-electron chi connectivity index (χ3n) is 4.39. The Bertz CT molecular complexity index is 376. The maximum atomic E-state index is 6.21. The number of hydrogen-bond donors (Lipinski definition) is 1. The van der Waals surface area contributed by atoms with E-state index < -0.39 is 0 Å². The summed E-state index contributed by atoms with van der Waals surface area (Å²) in [6, 6.07) is 11.4. The smallest absolute Gasteiger partial charge is 0.0372 e. The fourth-order valence-corrected chi connectivity index (χ4v) is 4.18. The quantitative estimate of drug-likeness (QED) is 0.898. The first kappa shape index (κ1) is 14.9. The minimum atomic E-state index is 0.127. The molecule has 1 aromatic rings. The van der Waals surface area contributed by atoms with Crippen molar-refractivity contribution in [2.24, 2.45) is 5.73 Å². The molecular formula is C16H26N2S. The average Bonchev–Trinajstić information content (AvgIpc) is 2.47. The van der Waals surface area contributed by atoms with Crippen LogP contribution in [0.25, 0.3) is 0 Å². The van der Waals surface area contributed by atoms with E-state index in [-0.39, 0.29) is 5.54 Å². The molecule has 1 fully saturated rings. The van der Waals surface area contributed by atoms with Crippen LogP contribution in [0.1, 0.15) is 25.8 Å². The van der Waals surface area contributed by atoms with Gasteiger partial charge >= 0.3 is 0 Å². The van der Waals surface area contributed by atoms with Crippen LogP contribution in [-0.2, 0) is 6.42 Å². The molecule has 3 heteroatoms. The van der Waals surface area contributed by atoms with E-state index in [2.05, 4.69) is 60.8 Å². The van der Waals surface area contributed by atoms with Gasteiger partial charge in [-0.2, -0.15) is 11.8 Å². The Kier molecular flexibility index (Phi) is 5.31. The van der Waals surface area contributed by atoms with Crippen molar-refractivity contribution in [3.63, 3.8) is 0 Å². The molecule has 1 aliphatic heterocycles. The van der Waals surface area contributed by atoms with Gasteiger partial charge in [0.15, 0.2) is 0 Å². The van der Waals surface area contributed by atoms with Crippen LogP contribution >= 0.6 is 11.8 Å². The van der Waals surface area contributed by atoms with Gasteiger partial charge in [0.1, 0.15) is 0 Å². The van der Waals surface area contributed by atoms with Crippen molar-refractivity contribution in [1.29, 1.82) is 0 Å². The summed E-state index contributed by atoms with van der Waals surface area (Å²) in [5.74, 6) is 2.47. The van der Waals surface area contributed by atoms with E-state index in [1.807, 2.05) is 0 Å². The van der Waals surface area contributed by atoms with Crippen LogP contribution in [0, 0.1) is 0 Å². The van der Waals surface area contributed by atoms with Crippen LogP contribution < -0.4 is 5.73 Å². The van der Waals surface area contributed by atoms with Crippen LogP contribution in [0.2, 0.25) is 0 Å². The van der Waals surface area contributed by atoms with Crippen molar-refractivity contribution in [3.05, 3.63) is 35.9 Å². The SMILES string of the molecule is CCC(CN)(Cc1ccccc1)N1CCSCC1C. The molecule has 0 aliphatic carbocycles. The molecule has 0 aromatic heterocycles. The second-order valence-corrected chi connectivity index (χ2v) is 6.71. The van der Waals surface area contributed by atoms with E-state index in [1.54, 1.807) is 0 Å². The number of benzene rings is 1. The number of hydrogen-bond acceptors (Lipinski definition) is 3. The lowest BCUT2D eigenvalue weighted by atomic mass is 9.85. The molecule has 2 rings (SSSR count). The summed E-state index contributed by atoms with van der Waals surface area (Å²) in [5.41, 5.74) is 7.74. The molecule has 2 nitrogen and oxygen atoms in total. The fraction of sp³-hybridized carbons (Fsp3) is 0.625. The normalized spacial score (nSPS) is 24.1. The molecular weight excluding hydrogens is 252 g/mol. The predicted octanol–water partition coefficient (Wildman–Crippen LogP) is 2.77. The molecule has 1 saturated heterocycles. The minimum absolute atomic E-state index is 0.127. The zero-order valence-electron chi connectivity index (χ0n) is 12.1.